The maximum Gasteiger partial charge on any atom is 0.144 e. The predicted molar refractivity (Wildman–Crippen MR) is 56.2 cm³/mol. The Bertz CT molecular complexity index is 432. The van der Waals surface area contributed by atoms with E-state index in [1.165, 1.54) is 0 Å². The summed E-state index contributed by atoms with van der Waals surface area (Å²) in [5.74, 6) is 0.769. The van der Waals surface area contributed by atoms with Crippen LogP contribution in [0.1, 0.15) is 17.7 Å². The molecule has 1 heterocycles. The Morgan fingerprint density at radius 3 is 2.67 bits per heavy atom. The van der Waals surface area contributed by atoms with E-state index in [9.17, 15) is 0 Å². The zero-order valence-electron chi connectivity index (χ0n) is 9.15. The standard InChI is InChI=1S/C10H13N5/c1-8-9(7-12)10(15(3)13-8)14(2)6-4-5-11/h4,6H2,1-3H3. The molecular formula is C10H13N5. The summed E-state index contributed by atoms with van der Waals surface area (Å²) in [6.45, 7) is 2.41. The summed E-state index contributed by atoms with van der Waals surface area (Å²) in [6, 6.07) is 4.21. The zero-order chi connectivity index (χ0) is 11.4. The van der Waals surface area contributed by atoms with Crippen molar-refractivity contribution in [2.45, 2.75) is 13.3 Å². The second-order valence-electron chi connectivity index (χ2n) is 3.35. The number of nitrogens with zero attached hydrogens (tertiary/aromatic N) is 5. The van der Waals surface area contributed by atoms with E-state index in [1.54, 1.807) is 18.7 Å². The van der Waals surface area contributed by atoms with Crippen molar-refractivity contribution in [2.75, 3.05) is 18.5 Å². The predicted octanol–water partition coefficient (Wildman–Crippen LogP) is 0.950. The topological polar surface area (TPSA) is 68.6 Å². The smallest absolute Gasteiger partial charge is 0.144 e. The van der Waals surface area contributed by atoms with Crippen LogP contribution < -0.4 is 4.90 Å². The summed E-state index contributed by atoms with van der Waals surface area (Å²) >= 11 is 0. The molecule has 0 amide bonds. The molecule has 0 saturated carbocycles. The quantitative estimate of drug-likeness (QED) is 0.733. The minimum atomic E-state index is 0.436. The summed E-state index contributed by atoms with van der Waals surface area (Å²) in [5.41, 5.74) is 1.30. The van der Waals surface area contributed by atoms with Crippen LogP contribution in [-0.4, -0.2) is 23.4 Å². The summed E-state index contributed by atoms with van der Waals surface area (Å²) in [5, 5.41) is 21.7. The molecule has 0 aliphatic heterocycles. The van der Waals surface area contributed by atoms with Crippen molar-refractivity contribution in [1.29, 1.82) is 10.5 Å². The molecule has 0 spiro atoms. The number of anilines is 1. The van der Waals surface area contributed by atoms with Gasteiger partial charge in [-0.1, -0.05) is 0 Å². The van der Waals surface area contributed by atoms with E-state index >= 15 is 0 Å². The highest BCUT2D eigenvalue weighted by Crippen LogP contribution is 2.20. The van der Waals surface area contributed by atoms with Crippen LogP contribution in [0, 0.1) is 29.6 Å². The summed E-state index contributed by atoms with van der Waals surface area (Å²) < 4.78 is 1.67. The van der Waals surface area contributed by atoms with E-state index < -0.39 is 0 Å². The number of rotatable bonds is 3. The highest BCUT2D eigenvalue weighted by Gasteiger charge is 2.15. The molecule has 0 fully saturated rings. The van der Waals surface area contributed by atoms with Gasteiger partial charge in [0.25, 0.3) is 0 Å². The number of hydrogen-bond acceptors (Lipinski definition) is 4. The molecule has 0 radical (unpaired) electrons. The lowest BCUT2D eigenvalue weighted by atomic mass is 10.2. The molecule has 1 aromatic heterocycles. The normalized spacial score (nSPS) is 9.40. The minimum absolute atomic E-state index is 0.436. The maximum atomic E-state index is 8.99. The fourth-order valence-electron chi connectivity index (χ4n) is 1.54. The van der Waals surface area contributed by atoms with Crippen molar-refractivity contribution in [3.63, 3.8) is 0 Å². The largest absolute Gasteiger partial charge is 0.358 e. The molecule has 0 saturated heterocycles. The van der Waals surface area contributed by atoms with Gasteiger partial charge < -0.3 is 4.90 Å². The van der Waals surface area contributed by atoms with Crippen LogP contribution in [0.5, 0.6) is 0 Å². The van der Waals surface area contributed by atoms with Gasteiger partial charge in [-0.25, -0.2) is 0 Å². The van der Waals surface area contributed by atoms with Crippen molar-refractivity contribution >= 4 is 5.82 Å². The van der Waals surface area contributed by atoms with Crippen LogP contribution >= 0.6 is 0 Å². The zero-order valence-corrected chi connectivity index (χ0v) is 9.15. The Morgan fingerprint density at radius 1 is 1.47 bits per heavy atom. The molecule has 0 unspecified atom stereocenters. The highest BCUT2D eigenvalue weighted by molar-refractivity contribution is 5.56. The van der Waals surface area contributed by atoms with Gasteiger partial charge in [0.2, 0.25) is 0 Å². The fraction of sp³-hybridized carbons (Fsp3) is 0.500. The van der Waals surface area contributed by atoms with Gasteiger partial charge in [0, 0.05) is 20.6 Å². The molecule has 5 nitrogen and oxygen atoms in total. The second kappa shape index (κ2) is 4.47. The first-order valence-corrected chi connectivity index (χ1v) is 4.63. The average Bonchev–Trinajstić information content (AvgIpc) is 2.49. The molecule has 1 rings (SSSR count). The molecule has 0 aliphatic carbocycles. The summed E-state index contributed by atoms with van der Waals surface area (Å²) in [7, 11) is 3.65. The molecule has 5 heteroatoms. The molecule has 0 N–H and O–H groups in total. The van der Waals surface area contributed by atoms with Gasteiger partial charge in [-0.2, -0.15) is 15.6 Å². The number of nitriles is 2. The Balaban J connectivity index is 3.04. The van der Waals surface area contributed by atoms with Crippen LogP contribution in [0.4, 0.5) is 5.82 Å². The van der Waals surface area contributed by atoms with Gasteiger partial charge in [0.15, 0.2) is 0 Å². The van der Waals surface area contributed by atoms with Crippen LogP contribution in [0.25, 0.3) is 0 Å². The van der Waals surface area contributed by atoms with E-state index in [0.717, 1.165) is 11.5 Å². The Hall–Kier alpha value is -2.01. The minimum Gasteiger partial charge on any atom is -0.358 e. The highest BCUT2D eigenvalue weighted by atomic mass is 15.4. The van der Waals surface area contributed by atoms with Gasteiger partial charge in [0.1, 0.15) is 17.5 Å². The van der Waals surface area contributed by atoms with Gasteiger partial charge in [0.05, 0.1) is 18.2 Å². The molecule has 1 aromatic rings. The molecule has 15 heavy (non-hydrogen) atoms. The second-order valence-corrected chi connectivity index (χ2v) is 3.35. The Labute approximate surface area is 89.1 Å². The third-order valence-corrected chi connectivity index (χ3v) is 2.22. The lowest BCUT2D eigenvalue weighted by molar-refractivity contribution is 0.727. The molecule has 0 aromatic carbocycles. The SMILES string of the molecule is Cc1nn(C)c(N(C)CCC#N)c1C#N. The Kier molecular flexibility index (Phi) is 3.30. The van der Waals surface area contributed by atoms with Crippen molar-refractivity contribution in [1.82, 2.24) is 9.78 Å². The van der Waals surface area contributed by atoms with E-state index in [0.29, 0.717) is 18.5 Å². The van der Waals surface area contributed by atoms with E-state index in [2.05, 4.69) is 17.2 Å². The van der Waals surface area contributed by atoms with Crippen molar-refractivity contribution in [3.8, 4) is 12.1 Å². The van der Waals surface area contributed by atoms with Crippen molar-refractivity contribution in [3.05, 3.63) is 11.3 Å². The fourth-order valence-corrected chi connectivity index (χ4v) is 1.54. The molecule has 0 aliphatic rings. The first-order chi connectivity index (χ1) is 7.11. The van der Waals surface area contributed by atoms with Crippen molar-refractivity contribution < 1.29 is 0 Å². The molecule has 0 atom stereocenters. The maximum absolute atomic E-state index is 8.99. The van der Waals surface area contributed by atoms with Gasteiger partial charge in [-0.05, 0) is 6.92 Å². The van der Waals surface area contributed by atoms with Crippen LogP contribution in [-0.2, 0) is 7.05 Å². The molecule has 0 bridgehead atoms. The van der Waals surface area contributed by atoms with Crippen molar-refractivity contribution in [2.24, 2.45) is 7.05 Å². The van der Waals surface area contributed by atoms with Crippen LogP contribution in [0.2, 0.25) is 0 Å². The monoisotopic (exact) mass is 203 g/mol. The molecular weight excluding hydrogens is 190 g/mol. The number of hydrogen-bond donors (Lipinski definition) is 0. The Morgan fingerprint density at radius 2 is 2.13 bits per heavy atom. The molecule has 78 valence electrons. The number of aryl methyl sites for hydroxylation is 2. The summed E-state index contributed by atoms with van der Waals surface area (Å²) in [4.78, 5) is 1.88. The van der Waals surface area contributed by atoms with E-state index in [1.807, 2.05) is 11.9 Å². The van der Waals surface area contributed by atoms with Crippen LogP contribution in [0.15, 0.2) is 0 Å². The lowest BCUT2D eigenvalue weighted by Crippen LogP contribution is -2.21. The van der Waals surface area contributed by atoms with E-state index in [4.69, 9.17) is 10.5 Å². The van der Waals surface area contributed by atoms with Gasteiger partial charge in [-0.15, -0.1) is 0 Å². The average molecular weight is 203 g/mol. The van der Waals surface area contributed by atoms with Gasteiger partial charge >= 0.3 is 0 Å². The van der Waals surface area contributed by atoms with Crippen LogP contribution in [0.3, 0.4) is 0 Å². The van der Waals surface area contributed by atoms with E-state index in [-0.39, 0.29) is 0 Å². The number of aromatic nitrogens is 2. The lowest BCUT2D eigenvalue weighted by Gasteiger charge is -2.17. The first kappa shape index (κ1) is 11.1. The third-order valence-electron chi connectivity index (χ3n) is 2.22. The summed E-state index contributed by atoms with van der Waals surface area (Å²) in [6.07, 6.45) is 0.436. The first-order valence-electron chi connectivity index (χ1n) is 4.63. The third kappa shape index (κ3) is 2.08. The van der Waals surface area contributed by atoms with Gasteiger partial charge in [-0.3, -0.25) is 4.68 Å².